The second-order valence-corrected chi connectivity index (χ2v) is 5.66. The molecule has 2 rings (SSSR count). The van der Waals surface area contributed by atoms with Crippen LogP contribution in [0.5, 0.6) is 23.0 Å². The van der Waals surface area contributed by atoms with E-state index in [2.05, 4.69) is 0 Å². The van der Waals surface area contributed by atoms with Crippen LogP contribution in [0.4, 0.5) is 0 Å². The molecule has 2 aromatic rings. The zero-order valence-electron chi connectivity index (χ0n) is 13.6. The molecule has 0 aliphatic heterocycles. The van der Waals surface area contributed by atoms with Crippen molar-refractivity contribution in [1.29, 1.82) is 0 Å². The Morgan fingerprint density at radius 2 is 1.37 bits per heavy atom. The number of aliphatic hydroxyl groups excluding tert-OH is 1. The van der Waals surface area contributed by atoms with Crippen LogP contribution >= 0.6 is 0 Å². The number of benzene rings is 2. The fraction of sp³-hybridized carbons (Fsp3) is 0.111. The van der Waals surface area contributed by atoms with Gasteiger partial charge in [0.15, 0.2) is 29.1 Å². The number of aliphatic carboxylic acids is 2. The Morgan fingerprint density at radius 1 is 0.815 bits per heavy atom. The Labute approximate surface area is 152 Å². The molecule has 27 heavy (non-hydrogen) atoms. The lowest BCUT2D eigenvalue weighted by Gasteiger charge is -2.22. The minimum Gasteiger partial charge on any atom is -0.504 e. The van der Waals surface area contributed by atoms with E-state index in [0.717, 1.165) is 36.4 Å². The van der Waals surface area contributed by atoms with E-state index in [9.17, 15) is 40.2 Å². The minimum atomic E-state index is -2.18. The van der Waals surface area contributed by atoms with Gasteiger partial charge < -0.3 is 35.7 Å². The third kappa shape index (κ3) is 4.28. The predicted molar refractivity (Wildman–Crippen MR) is 91.5 cm³/mol. The van der Waals surface area contributed by atoms with E-state index in [-0.39, 0.29) is 11.1 Å². The number of hydrogen-bond acceptors (Lipinski definition) is 7. The van der Waals surface area contributed by atoms with Crippen LogP contribution < -0.4 is 0 Å². The molecule has 0 aromatic heterocycles. The fourth-order valence-electron chi connectivity index (χ4n) is 2.50. The van der Waals surface area contributed by atoms with Gasteiger partial charge in [0, 0.05) is 5.57 Å². The summed E-state index contributed by atoms with van der Waals surface area (Å²) in [6.07, 6.45) is -1.16. The van der Waals surface area contributed by atoms with Gasteiger partial charge in [0.05, 0.1) is 5.92 Å². The van der Waals surface area contributed by atoms with Crippen molar-refractivity contribution in [3.63, 3.8) is 0 Å². The Balaban J connectivity index is 2.65. The van der Waals surface area contributed by atoms with E-state index in [1.165, 1.54) is 6.07 Å². The first-order chi connectivity index (χ1) is 12.6. The summed E-state index contributed by atoms with van der Waals surface area (Å²) in [5.74, 6) is -6.95. The van der Waals surface area contributed by atoms with Gasteiger partial charge in [-0.3, -0.25) is 0 Å². The third-order valence-corrected chi connectivity index (χ3v) is 3.83. The van der Waals surface area contributed by atoms with Crippen molar-refractivity contribution < 1.29 is 45.3 Å². The summed E-state index contributed by atoms with van der Waals surface area (Å²) < 4.78 is 0. The Morgan fingerprint density at radius 3 is 1.85 bits per heavy atom. The van der Waals surface area contributed by atoms with E-state index >= 15 is 0 Å². The average Bonchev–Trinajstić information content (AvgIpc) is 2.60. The topological polar surface area (TPSA) is 176 Å². The average molecular weight is 376 g/mol. The zero-order chi connectivity index (χ0) is 20.3. The molecule has 0 unspecified atom stereocenters. The summed E-state index contributed by atoms with van der Waals surface area (Å²) >= 11 is 0. The first-order valence-corrected chi connectivity index (χ1v) is 7.51. The molecule has 7 N–H and O–H groups in total. The molecule has 2 aromatic carbocycles. The second kappa shape index (κ2) is 7.67. The van der Waals surface area contributed by atoms with Crippen molar-refractivity contribution >= 4 is 18.0 Å². The molecular weight excluding hydrogens is 360 g/mol. The highest BCUT2D eigenvalue weighted by atomic mass is 16.4. The Bertz CT molecular complexity index is 917. The molecule has 0 aliphatic rings. The van der Waals surface area contributed by atoms with E-state index < -0.39 is 52.5 Å². The van der Waals surface area contributed by atoms with Crippen molar-refractivity contribution in [3.8, 4) is 23.0 Å². The summed E-state index contributed by atoms with van der Waals surface area (Å²) in [5.41, 5.74) is -0.509. The molecule has 142 valence electrons. The highest BCUT2D eigenvalue weighted by Crippen LogP contribution is 2.36. The molecule has 9 heteroatoms. The van der Waals surface area contributed by atoms with Crippen LogP contribution in [0.3, 0.4) is 0 Å². The number of phenols is 4. The molecule has 0 radical (unpaired) electrons. The third-order valence-electron chi connectivity index (χ3n) is 3.83. The quantitative estimate of drug-likeness (QED) is 0.288. The van der Waals surface area contributed by atoms with Crippen LogP contribution in [0.25, 0.3) is 6.08 Å². The maximum Gasteiger partial charge on any atom is 0.333 e. The molecule has 0 saturated heterocycles. The summed E-state index contributed by atoms with van der Waals surface area (Å²) in [7, 11) is 0. The van der Waals surface area contributed by atoms with Crippen molar-refractivity contribution in [3.05, 3.63) is 53.1 Å². The summed E-state index contributed by atoms with van der Waals surface area (Å²) in [5, 5.41) is 66.7. The second-order valence-electron chi connectivity index (χ2n) is 5.66. The van der Waals surface area contributed by atoms with Gasteiger partial charge in [-0.15, -0.1) is 0 Å². The van der Waals surface area contributed by atoms with Gasteiger partial charge in [-0.05, 0) is 41.5 Å². The largest absolute Gasteiger partial charge is 0.504 e. The predicted octanol–water partition coefficient (Wildman–Crippen LogP) is 1.21. The molecule has 2 atom stereocenters. The van der Waals surface area contributed by atoms with Crippen LogP contribution in [0.1, 0.15) is 17.0 Å². The van der Waals surface area contributed by atoms with Crippen molar-refractivity contribution in [1.82, 2.24) is 0 Å². The van der Waals surface area contributed by atoms with E-state index in [4.69, 9.17) is 5.11 Å². The smallest absolute Gasteiger partial charge is 0.333 e. The number of aromatic hydroxyl groups is 4. The van der Waals surface area contributed by atoms with Gasteiger partial charge in [0.2, 0.25) is 0 Å². The lowest BCUT2D eigenvalue weighted by molar-refractivity contribution is -0.147. The van der Waals surface area contributed by atoms with Crippen LogP contribution in [0, 0.1) is 0 Å². The van der Waals surface area contributed by atoms with Crippen molar-refractivity contribution in [2.45, 2.75) is 12.0 Å². The van der Waals surface area contributed by atoms with Crippen LogP contribution in [0.2, 0.25) is 0 Å². The van der Waals surface area contributed by atoms with E-state index in [1.807, 2.05) is 0 Å². The van der Waals surface area contributed by atoms with Gasteiger partial charge in [0.25, 0.3) is 0 Å². The molecule has 0 fully saturated rings. The van der Waals surface area contributed by atoms with Gasteiger partial charge in [0.1, 0.15) is 0 Å². The molecule has 0 bridgehead atoms. The van der Waals surface area contributed by atoms with E-state index in [1.54, 1.807) is 0 Å². The summed E-state index contributed by atoms with van der Waals surface area (Å²) in [6, 6.07) is 6.56. The van der Waals surface area contributed by atoms with Crippen LogP contribution in [0.15, 0.2) is 42.0 Å². The Kier molecular flexibility index (Phi) is 5.57. The van der Waals surface area contributed by atoms with Gasteiger partial charge >= 0.3 is 11.9 Å². The number of rotatable bonds is 6. The molecule has 0 aliphatic carbocycles. The maximum atomic E-state index is 11.8. The zero-order valence-corrected chi connectivity index (χ0v) is 13.6. The lowest BCUT2D eigenvalue weighted by Crippen LogP contribution is -2.31. The number of carbonyl (C=O) groups is 2. The first kappa shape index (κ1) is 19.6. The first-order valence-electron chi connectivity index (χ1n) is 7.51. The highest BCUT2D eigenvalue weighted by Gasteiger charge is 2.34. The van der Waals surface area contributed by atoms with Gasteiger partial charge in [-0.2, -0.15) is 0 Å². The summed E-state index contributed by atoms with van der Waals surface area (Å²) in [6.45, 7) is 0. The lowest BCUT2D eigenvalue weighted by atomic mass is 9.85. The van der Waals surface area contributed by atoms with Gasteiger partial charge in [-0.25, -0.2) is 9.59 Å². The highest BCUT2D eigenvalue weighted by molar-refractivity contribution is 5.95. The Hall–Kier alpha value is -3.72. The molecule has 9 nitrogen and oxygen atoms in total. The van der Waals surface area contributed by atoms with E-state index in [0.29, 0.717) is 0 Å². The number of phenolic OH excluding ortho intramolecular Hbond substituents is 4. The monoisotopic (exact) mass is 376 g/mol. The molecule has 0 heterocycles. The number of aliphatic hydroxyl groups is 1. The number of carboxylic acid groups (broad SMARTS) is 2. The van der Waals surface area contributed by atoms with Crippen LogP contribution in [-0.4, -0.2) is 53.8 Å². The standard InChI is InChI=1S/C18H16O9/c19-11-3-1-8(6-13(11)21)5-10(17(24)25)15(16(23)18(26)27)9-2-4-12(20)14(22)7-9/h1-7,15-16,19-23H,(H,24,25)(H,26,27)/t15-,16-/m0/s1. The fourth-order valence-corrected chi connectivity index (χ4v) is 2.50. The van der Waals surface area contributed by atoms with Crippen molar-refractivity contribution in [2.75, 3.05) is 0 Å². The summed E-state index contributed by atoms with van der Waals surface area (Å²) in [4.78, 5) is 23.0. The maximum absolute atomic E-state index is 11.8. The number of hydrogen-bond donors (Lipinski definition) is 7. The van der Waals surface area contributed by atoms with Gasteiger partial charge in [-0.1, -0.05) is 12.1 Å². The van der Waals surface area contributed by atoms with Crippen LogP contribution in [-0.2, 0) is 9.59 Å². The minimum absolute atomic E-state index is 0.0724. The SMILES string of the molecule is O=C(O)C(=Cc1ccc(O)c(O)c1)[C@H](c1ccc(O)c(O)c1)[C@H](O)C(=O)O. The normalized spacial score (nSPS) is 13.7. The van der Waals surface area contributed by atoms with Crippen molar-refractivity contribution in [2.24, 2.45) is 0 Å². The number of carboxylic acids is 2. The molecule has 0 spiro atoms. The molecule has 0 amide bonds. The molecular formula is C18H16O9. The molecule has 0 saturated carbocycles.